The van der Waals surface area contributed by atoms with Gasteiger partial charge in [-0.05, 0) is 51.4 Å². The van der Waals surface area contributed by atoms with Crippen molar-refractivity contribution in [3.63, 3.8) is 0 Å². The Morgan fingerprint density at radius 2 is 1.16 bits per heavy atom. The first-order valence-corrected chi connectivity index (χ1v) is 24.1. The molecule has 11 heteroatoms. The molecular weight excluding hydrogens is 729 g/mol. The van der Waals surface area contributed by atoms with Crippen molar-refractivity contribution in [2.75, 3.05) is 26.4 Å². The normalized spacial score (nSPS) is 17.2. The highest BCUT2D eigenvalue weighted by Gasteiger charge is 2.36. The van der Waals surface area contributed by atoms with Gasteiger partial charge in [0.1, 0.15) is 6.61 Å². The molecule has 0 spiro atoms. The van der Waals surface area contributed by atoms with Crippen LogP contribution >= 0.6 is 7.82 Å². The summed E-state index contributed by atoms with van der Waals surface area (Å²) in [4.78, 5) is 35.0. The Labute approximate surface area is 341 Å². The molecule has 1 rings (SSSR count). The molecule has 0 aromatic carbocycles. The number of carbonyl (C=O) groups is 2. The molecule has 1 aliphatic rings. The Balaban J connectivity index is 2.21. The fourth-order valence-electron chi connectivity index (χ4n) is 6.49. The van der Waals surface area contributed by atoms with Gasteiger partial charge in [0.15, 0.2) is 6.10 Å². The van der Waals surface area contributed by atoms with Crippen molar-refractivity contribution in [2.45, 2.75) is 212 Å². The Morgan fingerprint density at radius 1 is 0.643 bits per heavy atom. The lowest BCUT2D eigenvalue weighted by atomic mass is 10.0. The van der Waals surface area contributed by atoms with Gasteiger partial charge in [0.2, 0.25) is 0 Å². The van der Waals surface area contributed by atoms with E-state index in [1.54, 1.807) is 0 Å². The summed E-state index contributed by atoms with van der Waals surface area (Å²) in [7, 11) is -4.40. The highest BCUT2D eigenvalue weighted by Crippen LogP contribution is 2.43. The summed E-state index contributed by atoms with van der Waals surface area (Å²) in [5, 5.41) is 0. The van der Waals surface area contributed by atoms with E-state index in [0.29, 0.717) is 12.8 Å². The van der Waals surface area contributed by atoms with Gasteiger partial charge in [-0.2, -0.15) is 0 Å². The van der Waals surface area contributed by atoms with E-state index in [-0.39, 0.29) is 44.8 Å². The van der Waals surface area contributed by atoms with Crippen molar-refractivity contribution >= 4 is 19.8 Å². The smallest absolute Gasteiger partial charge is 0.462 e. The minimum absolute atomic E-state index is 0.0435. The highest BCUT2D eigenvalue weighted by molar-refractivity contribution is 7.47. The summed E-state index contributed by atoms with van der Waals surface area (Å²) in [6, 6.07) is 0. The minimum Gasteiger partial charge on any atom is -0.462 e. The third kappa shape index (κ3) is 34.3. The topological polar surface area (TPSA) is 147 Å². The number of nitrogens with two attached hydrogens (primary N) is 1. The average molecular weight is 812 g/mol. The molecule has 0 radical (unpaired) electrons. The molecule has 10 nitrogen and oxygen atoms in total. The summed E-state index contributed by atoms with van der Waals surface area (Å²) < 4.78 is 38.6. The molecule has 1 heterocycles. The largest absolute Gasteiger partial charge is 0.472 e. The number of carbonyl (C=O) groups excluding carboxylic acids is 2. The average Bonchev–Trinajstić information content (AvgIpc) is 3.94. The Morgan fingerprint density at radius 3 is 1.75 bits per heavy atom. The SMILES string of the molecule is CCCCC/C=C\C/C=C\C/C=C\CC1OC1CCCC(=O)OC[C@H](COP(=O)(O)OCCN)OC(=O)CCCCCCCCCCCCCCCCCCC. The van der Waals surface area contributed by atoms with E-state index in [1.165, 1.54) is 109 Å². The molecular formula is C45H82NO9P. The molecule has 0 aromatic heterocycles. The van der Waals surface area contributed by atoms with E-state index in [2.05, 4.69) is 50.3 Å². The number of allylic oxidation sites excluding steroid dienone is 5. The summed E-state index contributed by atoms with van der Waals surface area (Å²) in [6.07, 6.45) is 43.3. The molecule has 3 N–H and O–H groups in total. The first kappa shape index (κ1) is 52.2. The van der Waals surface area contributed by atoms with Crippen molar-refractivity contribution in [2.24, 2.45) is 5.73 Å². The lowest BCUT2D eigenvalue weighted by molar-refractivity contribution is -0.161. The molecule has 0 aliphatic carbocycles. The summed E-state index contributed by atoms with van der Waals surface area (Å²) in [6.45, 7) is 3.64. The van der Waals surface area contributed by atoms with E-state index in [9.17, 15) is 19.0 Å². The fraction of sp³-hybridized carbons (Fsp3) is 0.822. The number of epoxide rings is 1. The van der Waals surface area contributed by atoms with E-state index < -0.39 is 32.5 Å². The fourth-order valence-corrected chi connectivity index (χ4v) is 7.25. The Bertz CT molecular complexity index is 1080. The zero-order valence-electron chi connectivity index (χ0n) is 35.6. The van der Waals surface area contributed by atoms with Crippen molar-refractivity contribution in [1.82, 2.24) is 0 Å². The van der Waals surface area contributed by atoms with Crippen LogP contribution in [0.25, 0.3) is 0 Å². The second-order valence-corrected chi connectivity index (χ2v) is 16.8. The van der Waals surface area contributed by atoms with E-state index >= 15 is 0 Å². The molecule has 326 valence electrons. The standard InChI is InChI=1S/C45H82NO9P/c1-3-5-7-9-11-13-15-17-18-19-20-21-23-25-27-29-31-35-45(48)54-41(40-53-56(49,50)52-38-37-46)39-51-44(47)36-32-34-43-42(55-43)33-30-28-26-24-22-16-14-12-10-8-6-4-2/h12,14,22,24,28,30,41-43H,3-11,13,15-21,23,25-27,29,31-40,46H2,1-2H3,(H,49,50)/b14-12-,24-22-,30-28-/t41-,42?,43?/m1/s1. The number of ether oxygens (including phenoxy) is 3. The second kappa shape index (κ2) is 37.5. The molecule has 1 fully saturated rings. The third-order valence-electron chi connectivity index (χ3n) is 9.95. The van der Waals surface area contributed by atoms with Crippen LogP contribution in [-0.2, 0) is 37.4 Å². The van der Waals surface area contributed by atoms with Gasteiger partial charge in [-0.3, -0.25) is 18.6 Å². The maximum absolute atomic E-state index is 12.6. The zero-order chi connectivity index (χ0) is 40.8. The summed E-state index contributed by atoms with van der Waals surface area (Å²) in [5.41, 5.74) is 5.35. The number of esters is 2. The van der Waals surface area contributed by atoms with Gasteiger partial charge in [0, 0.05) is 19.4 Å². The maximum Gasteiger partial charge on any atom is 0.472 e. The van der Waals surface area contributed by atoms with Crippen LogP contribution in [0.4, 0.5) is 0 Å². The van der Waals surface area contributed by atoms with Crippen LogP contribution in [-0.4, -0.2) is 61.5 Å². The highest BCUT2D eigenvalue weighted by atomic mass is 31.2. The number of unbranched alkanes of at least 4 members (excludes halogenated alkanes) is 19. The van der Waals surface area contributed by atoms with Gasteiger partial charge >= 0.3 is 19.8 Å². The van der Waals surface area contributed by atoms with E-state index in [1.807, 2.05) is 0 Å². The van der Waals surface area contributed by atoms with Crippen LogP contribution < -0.4 is 5.73 Å². The molecule has 4 atom stereocenters. The van der Waals surface area contributed by atoms with Crippen LogP contribution in [0, 0.1) is 0 Å². The van der Waals surface area contributed by atoms with Gasteiger partial charge in [0.05, 0.1) is 25.4 Å². The van der Waals surface area contributed by atoms with Gasteiger partial charge in [-0.15, -0.1) is 0 Å². The van der Waals surface area contributed by atoms with Crippen LogP contribution in [0.3, 0.4) is 0 Å². The predicted octanol–water partition coefficient (Wildman–Crippen LogP) is 11.9. The van der Waals surface area contributed by atoms with Crippen LogP contribution in [0.2, 0.25) is 0 Å². The number of rotatable bonds is 41. The summed E-state index contributed by atoms with van der Waals surface area (Å²) in [5.74, 6) is -0.899. The third-order valence-corrected chi connectivity index (χ3v) is 10.9. The number of phosphoric ester groups is 1. The molecule has 0 amide bonds. The first-order chi connectivity index (χ1) is 27.3. The van der Waals surface area contributed by atoms with Crippen molar-refractivity contribution in [3.8, 4) is 0 Å². The monoisotopic (exact) mass is 812 g/mol. The number of hydrogen-bond donors (Lipinski definition) is 2. The van der Waals surface area contributed by atoms with Crippen molar-refractivity contribution in [1.29, 1.82) is 0 Å². The molecule has 0 bridgehead atoms. The molecule has 56 heavy (non-hydrogen) atoms. The minimum atomic E-state index is -4.40. The molecule has 0 aromatic rings. The predicted molar refractivity (Wildman–Crippen MR) is 228 cm³/mol. The lowest BCUT2D eigenvalue weighted by Gasteiger charge is -2.19. The first-order valence-electron chi connectivity index (χ1n) is 22.6. The lowest BCUT2D eigenvalue weighted by Crippen LogP contribution is -2.29. The Kier molecular flexibility index (Phi) is 34.9. The van der Waals surface area contributed by atoms with E-state index in [4.69, 9.17) is 29.0 Å². The maximum atomic E-state index is 12.6. The molecule has 1 aliphatic heterocycles. The molecule has 1 saturated heterocycles. The van der Waals surface area contributed by atoms with Crippen molar-refractivity contribution < 1.29 is 42.3 Å². The second-order valence-electron chi connectivity index (χ2n) is 15.3. The quantitative estimate of drug-likeness (QED) is 0.0201. The number of hydrogen-bond acceptors (Lipinski definition) is 9. The van der Waals surface area contributed by atoms with Crippen LogP contribution in [0.1, 0.15) is 194 Å². The van der Waals surface area contributed by atoms with Crippen LogP contribution in [0.5, 0.6) is 0 Å². The van der Waals surface area contributed by atoms with Gasteiger partial charge in [-0.25, -0.2) is 4.57 Å². The Hall–Kier alpha value is -1.81. The molecule has 0 saturated carbocycles. The van der Waals surface area contributed by atoms with E-state index in [0.717, 1.165) is 44.9 Å². The van der Waals surface area contributed by atoms with Gasteiger partial charge in [0.25, 0.3) is 0 Å². The number of phosphoric acid groups is 1. The van der Waals surface area contributed by atoms with Gasteiger partial charge < -0.3 is 24.8 Å². The van der Waals surface area contributed by atoms with Crippen molar-refractivity contribution in [3.05, 3.63) is 36.5 Å². The van der Waals surface area contributed by atoms with Gasteiger partial charge in [-0.1, -0.05) is 166 Å². The zero-order valence-corrected chi connectivity index (χ0v) is 36.5. The van der Waals surface area contributed by atoms with Crippen LogP contribution in [0.15, 0.2) is 36.5 Å². The molecule has 3 unspecified atom stereocenters. The summed E-state index contributed by atoms with van der Waals surface area (Å²) >= 11 is 0.